The first-order valence-electron chi connectivity index (χ1n) is 5.60. The van der Waals surface area contributed by atoms with Gasteiger partial charge in [0.1, 0.15) is 12.4 Å². The first kappa shape index (κ1) is 12.2. The number of benzene rings is 1. The smallest absolute Gasteiger partial charge is 0.325 e. The standard InChI is InChI=1S/C13H15N3O2/c1-18-13(17)9-16-7-6-15-12(16)8-10-2-4-11(14)5-3-10/h2-7H,8-9,14H2,1H3. The van der Waals surface area contributed by atoms with Gasteiger partial charge >= 0.3 is 5.97 Å². The van der Waals surface area contributed by atoms with Crippen LogP contribution in [0.15, 0.2) is 36.7 Å². The van der Waals surface area contributed by atoms with Crippen LogP contribution < -0.4 is 5.73 Å². The zero-order valence-corrected chi connectivity index (χ0v) is 10.2. The highest BCUT2D eigenvalue weighted by molar-refractivity contribution is 5.69. The van der Waals surface area contributed by atoms with E-state index >= 15 is 0 Å². The van der Waals surface area contributed by atoms with E-state index in [1.165, 1.54) is 7.11 Å². The average Bonchev–Trinajstić information content (AvgIpc) is 2.79. The fraction of sp³-hybridized carbons (Fsp3) is 0.231. The normalized spacial score (nSPS) is 10.3. The minimum atomic E-state index is -0.286. The molecular weight excluding hydrogens is 230 g/mol. The molecular formula is C13H15N3O2. The van der Waals surface area contributed by atoms with Gasteiger partial charge in [0, 0.05) is 24.5 Å². The summed E-state index contributed by atoms with van der Waals surface area (Å²) in [5, 5.41) is 0. The highest BCUT2D eigenvalue weighted by Gasteiger charge is 2.08. The van der Waals surface area contributed by atoms with Crippen molar-refractivity contribution in [3.05, 3.63) is 48.0 Å². The Morgan fingerprint density at radius 3 is 2.78 bits per heavy atom. The van der Waals surface area contributed by atoms with E-state index < -0.39 is 0 Å². The van der Waals surface area contributed by atoms with Crippen molar-refractivity contribution < 1.29 is 9.53 Å². The van der Waals surface area contributed by atoms with Crippen molar-refractivity contribution in [1.29, 1.82) is 0 Å². The third kappa shape index (κ3) is 2.88. The van der Waals surface area contributed by atoms with Crippen LogP contribution in [0.5, 0.6) is 0 Å². The average molecular weight is 245 g/mol. The molecule has 2 rings (SSSR count). The van der Waals surface area contributed by atoms with E-state index in [1.807, 2.05) is 24.3 Å². The van der Waals surface area contributed by atoms with E-state index in [0.29, 0.717) is 6.42 Å². The summed E-state index contributed by atoms with van der Waals surface area (Å²) in [4.78, 5) is 15.5. The summed E-state index contributed by atoms with van der Waals surface area (Å²) in [6.45, 7) is 0.181. The molecule has 0 aliphatic carbocycles. The van der Waals surface area contributed by atoms with Gasteiger partial charge in [-0.25, -0.2) is 4.98 Å². The lowest BCUT2D eigenvalue weighted by atomic mass is 10.1. The topological polar surface area (TPSA) is 70.1 Å². The molecule has 0 aliphatic heterocycles. The Balaban J connectivity index is 2.12. The van der Waals surface area contributed by atoms with Crippen LogP contribution in [-0.4, -0.2) is 22.6 Å². The van der Waals surface area contributed by atoms with Crippen molar-refractivity contribution in [3.63, 3.8) is 0 Å². The fourth-order valence-corrected chi connectivity index (χ4v) is 1.67. The molecule has 0 saturated carbocycles. The number of aromatic nitrogens is 2. The molecule has 2 aromatic rings. The van der Waals surface area contributed by atoms with E-state index in [9.17, 15) is 4.79 Å². The monoisotopic (exact) mass is 245 g/mol. The first-order valence-corrected chi connectivity index (χ1v) is 5.60. The Bertz CT molecular complexity index is 531. The van der Waals surface area contributed by atoms with Crippen molar-refractivity contribution in [2.24, 2.45) is 0 Å². The Morgan fingerprint density at radius 1 is 1.39 bits per heavy atom. The molecule has 5 nitrogen and oxygen atoms in total. The minimum Gasteiger partial charge on any atom is -0.468 e. The van der Waals surface area contributed by atoms with Crippen molar-refractivity contribution in [2.45, 2.75) is 13.0 Å². The molecule has 0 amide bonds. The second kappa shape index (κ2) is 5.35. The predicted octanol–water partition coefficient (Wildman–Crippen LogP) is 1.23. The van der Waals surface area contributed by atoms with Gasteiger partial charge < -0.3 is 15.0 Å². The quantitative estimate of drug-likeness (QED) is 0.649. The molecule has 94 valence electrons. The SMILES string of the molecule is COC(=O)Cn1ccnc1Cc1ccc(N)cc1. The van der Waals surface area contributed by atoms with E-state index in [0.717, 1.165) is 17.1 Å². The molecule has 1 aromatic heterocycles. The van der Waals surface area contributed by atoms with Crippen molar-refractivity contribution in [2.75, 3.05) is 12.8 Å². The van der Waals surface area contributed by atoms with E-state index in [4.69, 9.17) is 5.73 Å². The van der Waals surface area contributed by atoms with Gasteiger partial charge in [-0.05, 0) is 17.7 Å². The lowest BCUT2D eigenvalue weighted by Crippen LogP contribution is -2.13. The molecule has 0 spiro atoms. The molecule has 0 bridgehead atoms. The number of rotatable bonds is 4. The number of esters is 1. The second-order valence-corrected chi connectivity index (χ2v) is 3.97. The summed E-state index contributed by atoms with van der Waals surface area (Å²) in [6.07, 6.45) is 4.10. The number of hydrogen-bond acceptors (Lipinski definition) is 4. The number of methoxy groups -OCH3 is 1. The predicted molar refractivity (Wildman–Crippen MR) is 67.9 cm³/mol. The van der Waals surface area contributed by atoms with Crippen LogP contribution in [0.1, 0.15) is 11.4 Å². The van der Waals surface area contributed by atoms with Gasteiger partial charge in [0.2, 0.25) is 0 Å². The molecule has 0 saturated heterocycles. The Labute approximate surface area is 105 Å². The Morgan fingerprint density at radius 2 is 2.11 bits per heavy atom. The molecule has 0 atom stereocenters. The largest absolute Gasteiger partial charge is 0.468 e. The molecule has 5 heteroatoms. The maximum Gasteiger partial charge on any atom is 0.325 e. The van der Waals surface area contributed by atoms with Crippen LogP contribution in [0, 0.1) is 0 Å². The van der Waals surface area contributed by atoms with Crippen molar-refractivity contribution >= 4 is 11.7 Å². The molecule has 0 fully saturated rings. The molecule has 0 unspecified atom stereocenters. The molecule has 0 aliphatic rings. The number of nitrogen functional groups attached to an aromatic ring is 1. The van der Waals surface area contributed by atoms with Crippen LogP contribution in [-0.2, 0) is 22.5 Å². The molecule has 1 heterocycles. The molecule has 0 radical (unpaired) electrons. The van der Waals surface area contributed by atoms with E-state index in [2.05, 4.69) is 9.72 Å². The number of anilines is 1. The number of carbonyl (C=O) groups is 1. The molecule has 18 heavy (non-hydrogen) atoms. The van der Waals surface area contributed by atoms with Gasteiger partial charge in [-0.15, -0.1) is 0 Å². The first-order chi connectivity index (χ1) is 8.69. The highest BCUT2D eigenvalue weighted by atomic mass is 16.5. The number of hydrogen-bond donors (Lipinski definition) is 1. The summed E-state index contributed by atoms with van der Waals surface area (Å²) >= 11 is 0. The maximum atomic E-state index is 11.2. The van der Waals surface area contributed by atoms with Gasteiger partial charge in [0.25, 0.3) is 0 Å². The summed E-state index contributed by atoms with van der Waals surface area (Å²) < 4.78 is 6.42. The van der Waals surface area contributed by atoms with Gasteiger partial charge in [0.15, 0.2) is 0 Å². The number of imidazole rings is 1. The lowest BCUT2D eigenvalue weighted by Gasteiger charge is -2.06. The zero-order valence-electron chi connectivity index (χ0n) is 10.2. The fourth-order valence-electron chi connectivity index (χ4n) is 1.67. The van der Waals surface area contributed by atoms with Crippen LogP contribution in [0.4, 0.5) is 5.69 Å². The van der Waals surface area contributed by atoms with Gasteiger partial charge in [-0.2, -0.15) is 0 Å². The Kier molecular flexibility index (Phi) is 3.62. The van der Waals surface area contributed by atoms with Crippen molar-refractivity contribution in [1.82, 2.24) is 9.55 Å². The Hall–Kier alpha value is -2.30. The van der Waals surface area contributed by atoms with E-state index in [1.54, 1.807) is 17.0 Å². The third-order valence-corrected chi connectivity index (χ3v) is 2.67. The highest BCUT2D eigenvalue weighted by Crippen LogP contribution is 2.10. The van der Waals surface area contributed by atoms with Crippen LogP contribution >= 0.6 is 0 Å². The molecule has 1 aromatic carbocycles. The van der Waals surface area contributed by atoms with Crippen LogP contribution in [0.25, 0.3) is 0 Å². The van der Waals surface area contributed by atoms with Gasteiger partial charge in [0.05, 0.1) is 7.11 Å². The zero-order chi connectivity index (χ0) is 13.0. The number of nitrogens with zero attached hydrogens (tertiary/aromatic N) is 2. The molecule has 2 N–H and O–H groups in total. The maximum absolute atomic E-state index is 11.2. The van der Waals surface area contributed by atoms with Crippen LogP contribution in [0.3, 0.4) is 0 Å². The number of carbonyl (C=O) groups excluding carboxylic acids is 1. The summed E-state index contributed by atoms with van der Waals surface area (Å²) in [5.41, 5.74) is 7.46. The number of ether oxygens (including phenoxy) is 1. The van der Waals surface area contributed by atoms with Crippen molar-refractivity contribution in [3.8, 4) is 0 Å². The number of nitrogens with two attached hydrogens (primary N) is 1. The minimum absolute atomic E-state index is 0.181. The van der Waals surface area contributed by atoms with Gasteiger partial charge in [-0.3, -0.25) is 4.79 Å². The summed E-state index contributed by atoms with van der Waals surface area (Å²) in [6, 6.07) is 7.60. The third-order valence-electron chi connectivity index (χ3n) is 2.67. The second-order valence-electron chi connectivity index (χ2n) is 3.97. The summed E-state index contributed by atoms with van der Waals surface area (Å²) in [5.74, 6) is 0.539. The van der Waals surface area contributed by atoms with Crippen LogP contribution in [0.2, 0.25) is 0 Å². The van der Waals surface area contributed by atoms with Gasteiger partial charge in [-0.1, -0.05) is 12.1 Å². The van der Waals surface area contributed by atoms with E-state index in [-0.39, 0.29) is 12.5 Å². The lowest BCUT2D eigenvalue weighted by molar-refractivity contribution is -0.141. The summed E-state index contributed by atoms with van der Waals surface area (Å²) in [7, 11) is 1.37.